The molecule has 2 rings (SSSR count). The Labute approximate surface area is 79.6 Å². The van der Waals surface area contributed by atoms with Crippen LogP contribution in [0.1, 0.15) is 11.1 Å². The molecule has 1 N–H and O–H groups in total. The largest absolute Gasteiger partial charge is 0.392 e. The van der Waals surface area contributed by atoms with Gasteiger partial charge in [0.1, 0.15) is 0 Å². The van der Waals surface area contributed by atoms with Gasteiger partial charge in [0, 0.05) is 3.57 Å². The fourth-order valence-electron chi connectivity index (χ4n) is 1.56. The number of rotatable bonds is 0. The van der Waals surface area contributed by atoms with E-state index in [0.29, 0.717) is 0 Å². The highest BCUT2D eigenvalue weighted by molar-refractivity contribution is 14.1. The molecule has 0 saturated carbocycles. The van der Waals surface area contributed by atoms with Crippen molar-refractivity contribution in [1.82, 2.24) is 0 Å². The zero-order chi connectivity index (χ0) is 7.84. The van der Waals surface area contributed by atoms with Gasteiger partial charge in [0.15, 0.2) is 0 Å². The summed E-state index contributed by atoms with van der Waals surface area (Å²) in [6, 6.07) is 6.37. The Bertz CT molecular complexity index is 283. The van der Waals surface area contributed by atoms with Crippen molar-refractivity contribution in [3.8, 4) is 0 Å². The molecule has 0 bridgehead atoms. The van der Waals surface area contributed by atoms with Crippen LogP contribution in [-0.2, 0) is 12.8 Å². The van der Waals surface area contributed by atoms with Gasteiger partial charge < -0.3 is 5.11 Å². The normalized spacial score (nSPS) is 21.8. The van der Waals surface area contributed by atoms with Gasteiger partial charge in [0.25, 0.3) is 0 Å². The lowest BCUT2D eigenvalue weighted by molar-refractivity contribution is 0.187. The molecule has 0 spiro atoms. The molecule has 1 aliphatic rings. The highest BCUT2D eigenvalue weighted by Crippen LogP contribution is 2.23. The highest BCUT2D eigenvalue weighted by atomic mass is 127. The molecule has 1 aromatic rings. The summed E-state index contributed by atoms with van der Waals surface area (Å²) in [5.74, 6) is 0. The molecule has 2 heteroatoms. The van der Waals surface area contributed by atoms with Gasteiger partial charge in [-0.05, 0) is 58.7 Å². The third-order valence-electron chi connectivity index (χ3n) is 2.08. The second-order valence-electron chi connectivity index (χ2n) is 2.98. The van der Waals surface area contributed by atoms with Gasteiger partial charge in [-0.25, -0.2) is 0 Å². The van der Waals surface area contributed by atoms with Crippen molar-refractivity contribution in [1.29, 1.82) is 0 Å². The molecule has 1 aliphatic carbocycles. The second kappa shape index (κ2) is 2.75. The van der Waals surface area contributed by atoms with Crippen LogP contribution in [0, 0.1) is 3.57 Å². The van der Waals surface area contributed by atoms with Crippen LogP contribution in [0.5, 0.6) is 0 Å². The molecule has 0 radical (unpaired) electrons. The number of benzene rings is 1. The lowest BCUT2D eigenvalue weighted by atomic mass is 10.1. The number of aliphatic hydroxyl groups is 1. The van der Waals surface area contributed by atoms with E-state index in [0.717, 1.165) is 12.8 Å². The third-order valence-corrected chi connectivity index (χ3v) is 2.75. The van der Waals surface area contributed by atoms with Crippen LogP contribution in [0.4, 0.5) is 0 Å². The van der Waals surface area contributed by atoms with E-state index in [-0.39, 0.29) is 6.10 Å². The van der Waals surface area contributed by atoms with Gasteiger partial charge in [-0.3, -0.25) is 0 Å². The van der Waals surface area contributed by atoms with E-state index in [4.69, 9.17) is 0 Å². The quantitative estimate of drug-likeness (QED) is 0.704. The maximum atomic E-state index is 9.34. The molecule has 0 fully saturated rings. The van der Waals surface area contributed by atoms with E-state index in [1.807, 2.05) is 0 Å². The summed E-state index contributed by atoms with van der Waals surface area (Å²) < 4.78 is 1.26. The summed E-state index contributed by atoms with van der Waals surface area (Å²) in [6.07, 6.45) is 1.54. The monoisotopic (exact) mass is 260 g/mol. The molecule has 0 heterocycles. The average molecular weight is 260 g/mol. The predicted octanol–water partition coefficient (Wildman–Crippen LogP) is 1.75. The molecule has 58 valence electrons. The lowest BCUT2D eigenvalue weighted by Crippen LogP contribution is -2.03. The van der Waals surface area contributed by atoms with Crippen LogP contribution in [-0.4, -0.2) is 11.2 Å². The minimum atomic E-state index is -0.136. The van der Waals surface area contributed by atoms with Crippen LogP contribution in [0.25, 0.3) is 0 Å². The molecule has 0 aliphatic heterocycles. The molecule has 1 nitrogen and oxygen atoms in total. The van der Waals surface area contributed by atoms with Crippen LogP contribution in [0.3, 0.4) is 0 Å². The molecular formula is C9H9IO. The van der Waals surface area contributed by atoms with Crippen molar-refractivity contribution in [2.75, 3.05) is 0 Å². The minimum absolute atomic E-state index is 0.136. The summed E-state index contributed by atoms with van der Waals surface area (Å²) in [4.78, 5) is 0. The van der Waals surface area contributed by atoms with E-state index >= 15 is 0 Å². The van der Waals surface area contributed by atoms with Gasteiger partial charge in [-0.15, -0.1) is 0 Å². The predicted molar refractivity (Wildman–Crippen MR) is 52.6 cm³/mol. The molecule has 0 amide bonds. The Hall–Kier alpha value is -0.0900. The van der Waals surface area contributed by atoms with E-state index in [2.05, 4.69) is 40.8 Å². The fraction of sp³-hybridized carbons (Fsp3) is 0.333. The Morgan fingerprint density at radius 3 is 2.82 bits per heavy atom. The molecule has 0 unspecified atom stereocenters. The topological polar surface area (TPSA) is 20.2 Å². The summed E-state index contributed by atoms with van der Waals surface area (Å²) >= 11 is 2.30. The van der Waals surface area contributed by atoms with Gasteiger partial charge in [-0.1, -0.05) is 6.07 Å². The lowest BCUT2D eigenvalue weighted by Gasteiger charge is -1.96. The van der Waals surface area contributed by atoms with E-state index in [1.54, 1.807) is 0 Å². The number of fused-ring (bicyclic) bond motifs is 1. The van der Waals surface area contributed by atoms with Crippen molar-refractivity contribution in [3.63, 3.8) is 0 Å². The summed E-state index contributed by atoms with van der Waals surface area (Å²) in [5, 5.41) is 9.34. The Kier molecular flexibility index (Phi) is 1.89. The fourth-order valence-corrected chi connectivity index (χ4v) is 2.12. The van der Waals surface area contributed by atoms with Crippen LogP contribution < -0.4 is 0 Å². The first-order valence-corrected chi connectivity index (χ1v) is 4.79. The summed E-state index contributed by atoms with van der Waals surface area (Å²) in [5.41, 5.74) is 2.64. The Morgan fingerprint density at radius 1 is 1.27 bits per heavy atom. The van der Waals surface area contributed by atoms with Crippen LogP contribution in [0.2, 0.25) is 0 Å². The SMILES string of the molecule is O[C@H]1Cc2ccc(I)cc2C1. The summed E-state index contributed by atoms with van der Waals surface area (Å²) in [6.45, 7) is 0. The average Bonchev–Trinajstić information content (AvgIpc) is 2.27. The Morgan fingerprint density at radius 2 is 2.00 bits per heavy atom. The van der Waals surface area contributed by atoms with Gasteiger partial charge >= 0.3 is 0 Å². The van der Waals surface area contributed by atoms with Crippen molar-refractivity contribution in [2.45, 2.75) is 18.9 Å². The number of hydrogen-bond donors (Lipinski definition) is 1. The first kappa shape index (κ1) is 7.55. The highest BCUT2D eigenvalue weighted by Gasteiger charge is 2.18. The maximum absolute atomic E-state index is 9.34. The van der Waals surface area contributed by atoms with Crippen molar-refractivity contribution in [3.05, 3.63) is 32.9 Å². The summed E-state index contributed by atoms with van der Waals surface area (Å²) in [7, 11) is 0. The van der Waals surface area contributed by atoms with Crippen molar-refractivity contribution < 1.29 is 5.11 Å². The number of halogens is 1. The molecule has 0 aromatic heterocycles. The van der Waals surface area contributed by atoms with E-state index < -0.39 is 0 Å². The standard InChI is InChI=1S/C9H9IO/c10-8-2-1-6-4-9(11)5-7(6)3-8/h1-3,9,11H,4-5H2/t9-/m0/s1. The molecular weight excluding hydrogens is 251 g/mol. The van der Waals surface area contributed by atoms with Crippen molar-refractivity contribution >= 4 is 22.6 Å². The minimum Gasteiger partial charge on any atom is -0.392 e. The zero-order valence-corrected chi connectivity index (χ0v) is 8.21. The van der Waals surface area contributed by atoms with E-state index in [1.165, 1.54) is 14.7 Å². The number of hydrogen-bond acceptors (Lipinski definition) is 1. The second-order valence-corrected chi connectivity index (χ2v) is 4.22. The first-order chi connectivity index (χ1) is 5.25. The third kappa shape index (κ3) is 1.42. The first-order valence-electron chi connectivity index (χ1n) is 3.71. The Balaban J connectivity index is 2.43. The van der Waals surface area contributed by atoms with Gasteiger partial charge in [-0.2, -0.15) is 0 Å². The van der Waals surface area contributed by atoms with Crippen molar-refractivity contribution in [2.24, 2.45) is 0 Å². The van der Waals surface area contributed by atoms with Crippen LogP contribution in [0.15, 0.2) is 18.2 Å². The maximum Gasteiger partial charge on any atom is 0.0621 e. The smallest absolute Gasteiger partial charge is 0.0621 e. The molecule has 1 atom stereocenters. The number of aliphatic hydroxyl groups excluding tert-OH is 1. The van der Waals surface area contributed by atoms with Gasteiger partial charge in [0.05, 0.1) is 6.10 Å². The van der Waals surface area contributed by atoms with Crippen LogP contribution >= 0.6 is 22.6 Å². The zero-order valence-electron chi connectivity index (χ0n) is 6.05. The molecule has 11 heavy (non-hydrogen) atoms. The van der Waals surface area contributed by atoms with Gasteiger partial charge in [0.2, 0.25) is 0 Å². The molecule has 1 aromatic carbocycles. The van der Waals surface area contributed by atoms with E-state index in [9.17, 15) is 5.11 Å². The molecule has 0 saturated heterocycles.